The number of halogens is 4. The van der Waals surface area contributed by atoms with Gasteiger partial charge in [0, 0.05) is 32.0 Å². The Balaban J connectivity index is 1.29. The maximum absolute atomic E-state index is 14.0. The second kappa shape index (κ2) is 11.8. The van der Waals surface area contributed by atoms with E-state index < -0.39 is 57.8 Å². The quantitative estimate of drug-likeness (QED) is 0.254. The summed E-state index contributed by atoms with van der Waals surface area (Å²) >= 11 is 0. The monoisotopic (exact) mass is 597 g/mol. The van der Waals surface area contributed by atoms with E-state index in [1.165, 1.54) is 23.2 Å². The van der Waals surface area contributed by atoms with Crippen LogP contribution in [-0.4, -0.2) is 62.2 Å². The Bertz CT molecular complexity index is 1850. The van der Waals surface area contributed by atoms with Crippen LogP contribution in [0.15, 0.2) is 58.4 Å². The van der Waals surface area contributed by atoms with Gasteiger partial charge in [-0.25, -0.2) is 31.9 Å². The Kier molecular flexibility index (Phi) is 7.94. The zero-order chi connectivity index (χ0) is 30.8. The van der Waals surface area contributed by atoms with Gasteiger partial charge in [-0.15, -0.1) is 0 Å². The largest absolute Gasteiger partial charge is 0.354 e. The summed E-state index contributed by atoms with van der Waals surface area (Å²) in [6.45, 7) is 0.577. The number of hydrogen-bond acceptors (Lipinski definition) is 8. The highest BCUT2D eigenvalue weighted by molar-refractivity contribution is 5.88. The average Bonchev–Trinajstić information content (AvgIpc) is 2.97. The first-order valence-corrected chi connectivity index (χ1v) is 12.5. The van der Waals surface area contributed by atoms with E-state index in [0.29, 0.717) is 6.54 Å². The van der Waals surface area contributed by atoms with E-state index in [4.69, 9.17) is 0 Å². The van der Waals surface area contributed by atoms with E-state index in [1.54, 1.807) is 0 Å². The molecule has 5 rings (SSSR count). The number of piperazine rings is 1. The number of rotatable bonds is 6. The summed E-state index contributed by atoms with van der Waals surface area (Å²) in [7, 11) is 0. The fraction of sp³-hybridized carbons (Fsp3) is 0.148. The molecule has 220 valence electrons. The van der Waals surface area contributed by atoms with Crippen LogP contribution in [0.4, 0.5) is 28.2 Å². The van der Waals surface area contributed by atoms with Gasteiger partial charge in [0.1, 0.15) is 29.1 Å². The average molecular weight is 597 g/mol. The first kappa shape index (κ1) is 29.0. The number of hydrogen-bond donors (Lipinski definition) is 2. The first-order chi connectivity index (χ1) is 20.6. The van der Waals surface area contributed by atoms with E-state index in [0.717, 1.165) is 39.6 Å². The maximum Gasteiger partial charge on any atom is 0.354 e. The molecule has 1 saturated heterocycles. The molecule has 3 heterocycles. The smallest absolute Gasteiger partial charge is 0.321 e. The van der Waals surface area contributed by atoms with Crippen LogP contribution in [0, 0.1) is 23.3 Å². The van der Waals surface area contributed by atoms with Crippen molar-refractivity contribution in [2.24, 2.45) is 0 Å². The number of anilines is 1. The maximum atomic E-state index is 14.0. The Morgan fingerprint density at radius 1 is 0.837 bits per heavy atom. The van der Waals surface area contributed by atoms with Crippen LogP contribution < -0.4 is 22.0 Å². The van der Waals surface area contributed by atoms with Gasteiger partial charge in [0.15, 0.2) is 12.6 Å². The molecule has 0 radical (unpaired) electrons. The molecule has 1 fully saturated rings. The molecule has 0 aliphatic carbocycles. The van der Waals surface area contributed by atoms with Crippen LogP contribution in [0.3, 0.4) is 0 Å². The number of amides is 2. The van der Waals surface area contributed by atoms with Gasteiger partial charge in [-0.05, 0) is 36.4 Å². The molecular formula is C27H19F4N7O5. The van der Waals surface area contributed by atoms with E-state index in [9.17, 15) is 41.5 Å². The molecule has 0 saturated carbocycles. The van der Waals surface area contributed by atoms with Crippen LogP contribution in [-0.2, 0) is 0 Å². The van der Waals surface area contributed by atoms with E-state index >= 15 is 0 Å². The van der Waals surface area contributed by atoms with Crippen LogP contribution >= 0.6 is 0 Å². The summed E-state index contributed by atoms with van der Waals surface area (Å²) in [5, 5.41) is 5.58. The van der Waals surface area contributed by atoms with Gasteiger partial charge < -0.3 is 10.2 Å². The summed E-state index contributed by atoms with van der Waals surface area (Å²) in [6.07, 6.45) is 2.44. The van der Waals surface area contributed by atoms with Crippen molar-refractivity contribution < 1.29 is 31.9 Å². The molecule has 2 aromatic heterocycles. The second-order valence-electron chi connectivity index (χ2n) is 9.24. The van der Waals surface area contributed by atoms with Gasteiger partial charge in [-0.3, -0.25) is 24.0 Å². The summed E-state index contributed by atoms with van der Waals surface area (Å²) < 4.78 is 57.7. The molecule has 1 aliphatic heterocycles. The molecule has 0 bridgehead atoms. The molecule has 12 nitrogen and oxygen atoms in total. The molecule has 1 atom stereocenters. The topological polar surface area (TPSA) is 148 Å². The van der Waals surface area contributed by atoms with Gasteiger partial charge in [0.25, 0.3) is 0 Å². The Hall–Kier alpha value is -5.51. The van der Waals surface area contributed by atoms with Crippen molar-refractivity contribution in [3.63, 3.8) is 0 Å². The van der Waals surface area contributed by atoms with Crippen molar-refractivity contribution in [2.45, 2.75) is 6.04 Å². The van der Waals surface area contributed by atoms with Crippen molar-refractivity contribution in [3.8, 4) is 11.4 Å². The summed E-state index contributed by atoms with van der Waals surface area (Å²) in [5.74, 6) is -4.75. The molecule has 4 aromatic rings. The van der Waals surface area contributed by atoms with Crippen molar-refractivity contribution in [2.75, 3.05) is 25.0 Å². The molecule has 16 heteroatoms. The fourth-order valence-electron chi connectivity index (χ4n) is 4.44. The normalized spacial score (nSPS) is 14.8. The lowest BCUT2D eigenvalue weighted by atomic mass is 10.1. The number of aromatic nitrogens is 4. The number of nitrogens with one attached hydrogen (secondary N) is 2. The van der Waals surface area contributed by atoms with Gasteiger partial charge in [0.05, 0.1) is 34.2 Å². The molecule has 0 spiro atoms. The van der Waals surface area contributed by atoms with Crippen LogP contribution in [0.1, 0.15) is 32.5 Å². The van der Waals surface area contributed by atoms with E-state index in [1.807, 2.05) is 0 Å². The number of carbonyl (C=O) groups is 3. The number of benzene rings is 2. The Morgan fingerprint density at radius 2 is 1.35 bits per heavy atom. The summed E-state index contributed by atoms with van der Waals surface area (Å²) in [5.41, 5.74) is -3.52. The molecule has 2 amide bonds. The summed E-state index contributed by atoms with van der Waals surface area (Å²) in [6, 6.07) is 4.66. The van der Waals surface area contributed by atoms with Gasteiger partial charge in [0.2, 0.25) is 0 Å². The number of carbonyl (C=O) groups excluding carboxylic acids is 3. The predicted octanol–water partition coefficient (Wildman–Crippen LogP) is 2.14. The van der Waals surface area contributed by atoms with Crippen LogP contribution in [0.25, 0.3) is 11.4 Å². The third-order valence-electron chi connectivity index (χ3n) is 6.60. The lowest BCUT2D eigenvalue weighted by molar-refractivity contribution is 0.110. The second-order valence-corrected chi connectivity index (χ2v) is 9.24. The molecular weight excluding hydrogens is 578 g/mol. The summed E-state index contributed by atoms with van der Waals surface area (Å²) in [4.78, 5) is 68.8. The zero-order valence-electron chi connectivity index (χ0n) is 21.8. The Morgan fingerprint density at radius 3 is 1.84 bits per heavy atom. The number of nitrogens with zero attached hydrogens (tertiary/aromatic N) is 5. The zero-order valence-corrected chi connectivity index (χ0v) is 21.8. The fourth-order valence-corrected chi connectivity index (χ4v) is 4.44. The van der Waals surface area contributed by atoms with Crippen molar-refractivity contribution in [1.29, 1.82) is 0 Å². The third kappa shape index (κ3) is 5.80. The number of aldehydes is 2. The molecule has 2 aromatic carbocycles. The highest BCUT2D eigenvalue weighted by Gasteiger charge is 2.26. The van der Waals surface area contributed by atoms with Crippen LogP contribution in [0.2, 0.25) is 0 Å². The van der Waals surface area contributed by atoms with Crippen molar-refractivity contribution in [3.05, 3.63) is 110 Å². The van der Waals surface area contributed by atoms with Crippen molar-refractivity contribution in [1.82, 2.24) is 29.3 Å². The highest BCUT2D eigenvalue weighted by atomic mass is 19.1. The lowest BCUT2D eigenvalue weighted by Crippen LogP contribution is -2.50. The molecule has 2 N–H and O–H groups in total. The SMILES string of the molecule is O=Cc1c(F)cc(-n2ccc(NC(=O)N3CCNC(c4ccn(-c5cc(F)c(C=O)c(F)c5)c(=O)n4)C3)nc2=O)cc1F. The van der Waals surface area contributed by atoms with Crippen molar-refractivity contribution >= 4 is 24.4 Å². The van der Waals surface area contributed by atoms with Gasteiger partial charge in [-0.1, -0.05) is 0 Å². The molecule has 43 heavy (non-hydrogen) atoms. The highest BCUT2D eigenvalue weighted by Crippen LogP contribution is 2.19. The molecule has 1 unspecified atom stereocenters. The first-order valence-electron chi connectivity index (χ1n) is 12.5. The number of urea groups is 1. The van der Waals surface area contributed by atoms with E-state index in [2.05, 4.69) is 20.6 Å². The predicted molar refractivity (Wildman–Crippen MR) is 142 cm³/mol. The van der Waals surface area contributed by atoms with Gasteiger partial charge in [-0.2, -0.15) is 9.97 Å². The Labute approximate surface area is 238 Å². The van der Waals surface area contributed by atoms with Crippen LogP contribution in [0.5, 0.6) is 0 Å². The minimum absolute atomic E-state index is 0.0135. The standard InChI is InChI=1S/C27H19F4N7O5/c28-18-7-14(8-19(29)16(18)12-39)37-4-1-22(33-26(37)42)23-11-36(6-3-32-23)25(41)34-24-2-5-38(27(43)35-24)15-9-20(30)17(13-40)21(31)10-15/h1-2,4-5,7-10,12-13,23,32H,3,6,11H2,(H,34,35,41,43). The minimum atomic E-state index is -1.16. The lowest BCUT2D eigenvalue weighted by Gasteiger charge is -2.33. The third-order valence-corrected chi connectivity index (χ3v) is 6.60. The minimum Gasteiger partial charge on any atom is -0.321 e. The van der Waals surface area contributed by atoms with E-state index in [-0.39, 0.29) is 48.5 Å². The molecule has 1 aliphatic rings. The van der Waals surface area contributed by atoms with Gasteiger partial charge >= 0.3 is 17.4 Å².